The minimum absolute atomic E-state index is 0.301. The largest absolute Gasteiger partial charge is 0.339 e. The third-order valence-electron chi connectivity index (χ3n) is 2.56. The molecule has 2 rings (SSSR count). The number of halogens is 1. The molecule has 4 nitrogen and oxygen atoms in total. The van der Waals surface area contributed by atoms with E-state index in [1.54, 1.807) is 0 Å². The van der Waals surface area contributed by atoms with Crippen molar-refractivity contribution >= 4 is 11.6 Å². The molecule has 17 heavy (non-hydrogen) atoms. The molecule has 0 aliphatic carbocycles. The zero-order chi connectivity index (χ0) is 12.3. The third-order valence-corrected chi connectivity index (χ3v) is 2.89. The van der Waals surface area contributed by atoms with Crippen LogP contribution >= 0.6 is 11.6 Å². The van der Waals surface area contributed by atoms with Gasteiger partial charge in [0.1, 0.15) is 0 Å². The summed E-state index contributed by atoms with van der Waals surface area (Å²) in [5, 5.41) is 7.68. The average molecular weight is 252 g/mol. The second-order valence-corrected chi connectivity index (χ2v) is 4.29. The molecule has 5 heteroatoms. The number of hydrogen-bond donors (Lipinski definition) is 1. The van der Waals surface area contributed by atoms with Gasteiger partial charge in [-0.25, -0.2) is 0 Å². The first-order valence-corrected chi connectivity index (χ1v) is 5.83. The van der Waals surface area contributed by atoms with Crippen LogP contribution in [0.2, 0.25) is 5.02 Å². The number of rotatable bonds is 4. The average Bonchev–Trinajstić information content (AvgIpc) is 2.78. The van der Waals surface area contributed by atoms with Gasteiger partial charge in [0.15, 0.2) is 0 Å². The van der Waals surface area contributed by atoms with Crippen LogP contribution in [0.1, 0.15) is 12.8 Å². The summed E-state index contributed by atoms with van der Waals surface area (Å²) in [4.78, 5) is 4.33. The molecule has 0 aliphatic heterocycles. The lowest BCUT2D eigenvalue weighted by atomic mass is 10.2. The Balaban J connectivity index is 2.21. The molecule has 0 spiro atoms. The Morgan fingerprint density at radius 1 is 1.41 bits per heavy atom. The van der Waals surface area contributed by atoms with Crippen LogP contribution in [0.25, 0.3) is 11.4 Å². The smallest absolute Gasteiger partial charge is 0.228 e. The van der Waals surface area contributed by atoms with Crippen LogP contribution in [-0.4, -0.2) is 23.2 Å². The predicted octanol–water partition coefficient (Wildman–Crippen LogP) is 2.54. The van der Waals surface area contributed by atoms with E-state index in [0.29, 0.717) is 29.2 Å². The van der Waals surface area contributed by atoms with Gasteiger partial charge in [-0.1, -0.05) is 28.9 Å². The second kappa shape index (κ2) is 5.29. The van der Waals surface area contributed by atoms with Crippen molar-refractivity contribution in [3.05, 3.63) is 35.2 Å². The molecule has 1 atom stereocenters. The van der Waals surface area contributed by atoms with Crippen molar-refractivity contribution in [1.82, 2.24) is 15.5 Å². The van der Waals surface area contributed by atoms with E-state index in [0.717, 1.165) is 5.56 Å². The van der Waals surface area contributed by atoms with E-state index in [9.17, 15) is 0 Å². The molecule has 1 N–H and O–H groups in total. The van der Waals surface area contributed by atoms with Gasteiger partial charge in [-0.2, -0.15) is 4.98 Å². The van der Waals surface area contributed by atoms with Crippen LogP contribution in [0, 0.1) is 0 Å². The SMILES string of the molecule is CNC(C)Cc1nc(-c2ccccc2Cl)no1. The number of nitrogens with one attached hydrogen (secondary N) is 1. The fourth-order valence-electron chi connectivity index (χ4n) is 1.45. The molecule has 1 heterocycles. The van der Waals surface area contributed by atoms with E-state index >= 15 is 0 Å². The normalized spacial score (nSPS) is 12.6. The molecule has 0 fully saturated rings. The summed E-state index contributed by atoms with van der Waals surface area (Å²) >= 11 is 6.07. The van der Waals surface area contributed by atoms with Gasteiger partial charge in [-0.05, 0) is 26.1 Å². The molecular weight excluding hydrogens is 238 g/mol. The Morgan fingerprint density at radius 3 is 2.88 bits per heavy atom. The maximum Gasteiger partial charge on any atom is 0.228 e. The predicted molar refractivity (Wildman–Crippen MR) is 67.0 cm³/mol. The van der Waals surface area contributed by atoms with Crippen molar-refractivity contribution in [2.75, 3.05) is 7.05 Å². The van der Waals surface area contributed by atoms with Gasteiger partial charge in [-0.3, -0.25) is 0 Å². The maximum absolute atomic E-state index is 6.07. The van der Waals surface area contributed by atoms with Gasteiger partial charge < -0.3 is 9.84 Å². The van der Waals surface area contributed by atoms with Crippen molar-refractivity contribution in [3.63, 3.8) is 0 Å². The summed E-state index contributed by atoms with van der Waals surface area (Å²) in [7, 11) is 1.90. The topological polar surface area (TPSA) is 51.0 Å². The Labute approximate surface area is 105 Å². The molecule has 1 unspecified atom stereocenters. The summed E-state index contributed by atoms with van der Waals surface area (Å²) < 4.78 is 5.19. The summed E-state index contributed by atoms with van der Waals surface area (Å²) in [6.07, 6.45) is 0.702. The number of nitrogens with zero attached hydrogens (tertiary/aromatic N) is 2. The molecule has 0 saturated carbocycles. The maximum atomic E-state index is 6.07. The van der Waals surface area contributed by atoms with Gasteiger partial charge in [0, 0.05) is 18.0 Å². The lowest BCUT2D eigenvalue weighted by molar-refractivity contribution is 0.365. The number of hydrogen-bond acceptors (Lipinski definition) is 4. The van der Waals surface area contributed by atoms with E-state index in [2.05, 4.69) is 22.4 Å². The first-order valence-electron chi connectivity index (χ1n) is 5.45. The van der Waals surface area contributed by atoms with Gasteiger partial charge in [0.2, 0.25) is 11.7 Å². The van der Waals surface area contributed by atoms with Crippen LogP contribution < -0.4 is 5.32 Å². The lowest BCUT2D eigenvalue weighted by Gasteiger charge is -2.04. The Kier molecular flexibility index (Phi) is 3.76. The zero-order valence-electron chi connectivity index (χ0n) is 9.77. The van der Waals surface area contributed by atoms with Crippen LogP contribution in [0.15, 0.2) is 28.8 Å². The van der Waals surface area contributed by atoms with E-state index in [-0.39, 0.29) is 0 Å². The van der Waals surface area contributed by atoms with Gasteiger partial charge >= 0.3 is 0 Å². The zero-order valence-corrected chi connectivity index (χ0v) is 10.5. The molecular formula is C12H14ClN3O. The summed E-state index contributed by atoms with van der Waals surface area (Å²) in [6.45, 7) is 2.05. The Hall–Kier alpha value is -1.39. The van der Waals surface area contributed by atoms with Gasteiger partial charge in [0.05, 0.1) is 5.02 Å². The minimum atomic E-state index is 0.301. The molecule has 0 aliphatic rings. The van der Waals surface area contributed by atoms with E-state index in [4.69, 9.17) is 16.1 Å². The summed E-state index contributed by atoms with van der Waals surface area (Å²) in [6, 6.07) is 7.75. The molecule has 0 saturated heterocycles. The molecule has 0 amide bonds. The van der Waals surface area contributed by atoms with E-state index in [1.807, 2.05) is 31.3 Å². The Bertz CT molecular complexity index is 498. The molecule has 0 radical (unpaired) electrons. The highest BCUT2D eigenvalue weighted by Crippen LogP contribution is 2.24. The van der Waals surface area contributed by atoms with Crippen molar-refractivity contribution in [2.45, 2.75) is 19.4 Å². The molecule has 2 aromatic rings. The summed E-state index contributed by atoms with van der Waals surface area (Å²) in [5.41, 5.74) is 0.793. The second-order valence-electron chi connectivity index (χ2n) is 3.89. The molecule has 0 bridgehead atoms. The number of likely N-dealkylation sites (N-methyl/N-ethyl adjacent to an activating group) is 1. The van der Waals surface area contributed by atoms with Crippen LogP contribution in [0.4, 0.5) is 0 Å². The summed E-state index contributed by atoms with van der Waals surface area (Å²) in [5.74, 6) is 1.15. The monoisotopic (exact) mass is 251 g/mol. The van der Waals surface area contributed by atoms with Crippen molar-refractivity contribution in [1.29, 1.82) is 0 Å². The fourth-order valence-corrected chi connectivity index (χ4v) is 1.67. The molecule has 1 aromatic carbocycles. The van der Waals surface area contributed by atoms with E-state index < -0.39 is 0 Å². The van der Waals surface area contributed by atoms with Crippen molar-refractivity contribution < 1.29 is 4.52 Å². The highest BCUT2D eigenvalue weighted by atomic mass is 35.5. The van der Waals surface area contributed by atoms with Crippen molar-refractivity contribution in [3.8, 4) is 11.4 Å². The third kappa shape index (κ3) is 2.84. The van der Waals surface area contributed by atoms with Crippen LogP contribution in [0.5, 0.6) is 0 Å². The number of benzene rings is 1. The van der Waals surface area contributed by atoms with Gasteiger partial charge in [0.25, 0.3) is 0 Å². The van der Waals surface area contributed by atoms with Gasteiger partial charge in [-0.15, -0.1) is 0 Å². The van der Waals surface area contributed by atoms with Crippen LogP contribution in [-0.2, 0) is 6.42 Å². The molecule has 90 valence electrons. The first kappa shape index (κ1) is 12.1. The fraction of sp³-hybridized carbons (Fsp3) is 0.333. The molecule has 1 aromatic heterocycles. The van der Waals surface area contributed by atoms with Crippen molar-refractivity contribution in [2.24, 2.45) is 0 Å². The minimum Gasteiger partial charge on any atom is -0.339 e. The van der Waals surface area contributed by atoms with Crippen LogP contribution in [0.3, 0.4) is 0 Å². The Morgan fingerprint density at radius 2 is 2.18 bits per heavy atom. The highest BCUT2D eigenvalue weighted by molar-refractivity contribution is 6.33. The quantitative estimate of drug-likeness (QED) is 0.907. The lowest BCUT2D eigenvalue weighted by Crippen LogP contribution is -2.23. The highest BCUT2D eigenvalue weighted by Gasteiger charge is 2.12. The standard InChI is InChI=1S/C12H14ClN3O/c1-8(14-2)7-11-15-12(16-17-11)9-5-3-4-6-10(9)13/h3-6,8,14H,7H2,1-2H3. The first-order chi connectivity index (χ1) is 8.20. The number of aromatic nitrogens is 2. The van der Waals surface area contributed by atoms with E-state index in [1.165, 1.54) is 0 Å².